The highest BCUT2D eigenvalue weighted by atomic mass is 16.5. The Labute approximate surface area is 261 Å². The second-order valence-corrected chi connectivity index (χ2v) is 11.9. The maximum absolute atomic E-state index is 13.6. The van der Waals surface area contributed by atoms with Crippen molar-refractivity contribution in [3.05, 3.63) is 70.1 Å². The van der Waals surface area contributed by atoms with Gasteiger partial charge in [0.15, 0.2) is 17.6 Å². The van der Waals surface area contributed by atoms with Crippen molar-refractivity contribution in [2.75, 3.05) is 5.32 Å². The molecule has 1 saturated carbocycles. The summed E-state index contributed by atoms with van der Waals surface area (Å²) in [6.07, 6.45) is 1.88. The third kappa shape index (κ3) is 6.27. The third-order valence-electron chi connectivity index (χ3n) is 8.44. The average molecular weight is 612 g/mol. The molecule has 3 unspecified atom stereocenters. The van der Waals surface area contributed by atoms with Crippen LogP contribution in [0.2, 0.25) is 0 Å². The molecule has 234 valence electrons. The first-order valence-corrected chi connectivity index (χ1v) is 15.0. The first kappa shape index (κ1) is 31.3. The standard InChI is InChI=1S/C34H37N5O6/c1-18-11-14-26(22(5)15-18)44-23(6)32(41)36-25-16-24(13-12-19(25)2)30-37-31-27(28(35-7)33(43-17-40)39(31)38-30)34(42)45-29-20(3)9-8-10-21(29)4/h11-17,20-21,23,29H,8-10H2,1-6H3,(H,36,41)(H,37,38). The van der Waals surface area contributed by atoms with Crippen molar-refractivity contribution in [3.63, 3.8) is 0 Å². The van der Waals surface area contributed by atoms with Gasteiger partial charge in [-0.15, -0.1) is 0 Å². The predicted molar refractivity (Wildman–Crippen MR) is 169 cm³/mol. The van der Waals surface area contributed by atoms with Gasteiger partial charge in [0.1, 0.15) is 17.4 Å². The molecule has 2 aromatic heterocycles. The van der Waals surface area contributed by atoms with Gasteiger partial charge in [-0.2, -0.15) is 0 Å². The number of carbonyl (C=O) groups is 3. The fourth-order valence-corrected chi connectivity index (χ4v) is 5.93. The number of esters is 1. The molecule has 0 spiro atoms. The van der Waals surface area contributed by atoms with Crippen LogP contribution in [0.1, 0.15) is 67.1 Å². The van der Waals surface area contributed by atoms with Gasteiger partial charge < -0.3 is 19.5 Å². The quantitative estimate of drug-likeness (QED) is 0.122. The Bertz CT molecular complexity index is 1810. The Kier molecular flexibility index (Phi) is 8.95. The monoisotopic (exact) mass is 611 g/mol. The Morgan fingerprint density at radius 3 is 2.51 bits per heavy atom. The lowest BCUT2D eigenvalue weighted by Gasteiger charge is -2.33. The summed E-state index contributed by atoms with van der Waals surface area (Å²) in [6, 6.07) is 11.1. The van der Waals surface area contributed by atoms with E-state index in [2.05, 4.69) is 34.1 Å². The summed E-state index contributed by atoms with van der Waals surface area (Å²) in [4.78, 5) is 46.2. The number of hydrogen-bond acceptors (Lipinski definition) is 7. The first-order valence-electron chi connectivity index (χ1n) is 15.0. The van der Waals surface area contributed by atoms with Gasteiger partial charge in [0, 0.05) is 11.3 Å². The molecule has 0 aliphatic heterocycles. The van der Waals surface area contributed by atoms with Crippen LogP contribution < -0.4 is 14.8 Å². The maximum Gasteiger partial charge on any atom is 0.331 e. The van der Waals surface area contributed by atoms with Crippen molar-refractivity contribution in [1.29, 1.82) is 0 Å². The second kappa shape index (κ2) is 12.9. The van der Waals surface area contributed by atoms with Gasteiger partial charge in [0.2, 0.25) is 5.88 Å². The second-order valence-electron chi connectivity index (χ2n) is 11.9. The van der Waals surface area contributed by atoms with Crippen LogP contribution in [0.5, 0.6) is 11.6 Å². The molecule has 2 aromatic carbocycles. The van der Waals surface area contributed by atoms with Crippen LogP contribution in [0, 0.1) is 39.2 Å². The zero-order valence-electron chi connectivity index (χ0n) is 26.3. The Hall–Kier alpha value is -5.11. The molecule has 4 aromatic rings. The minimum atomic E-state index is -0.768. The van der Waals surface area contributed by atoms with Crippen LogP contribution in [0.25, 0.3) is 21.9 Å². The van der Waals surface area contributed by atoms with Gasteiger partial charge in [-0.25, -0.2) is 19.1 Å². The number of benzene rings is 2. The number of hydrogen-bond donors (Lipinski definition) is 2. The number of aromatic nitrogens is 3. The molecule has 0 radical (unpaired) electrons. The molecular formula is C34H37N5O6. The molecule has 11 nitrogen and oxygen atoms in total. The van der Waals surface area contributed by atoms with E-state index in [0.29, 0.717) is 22.8 Å². The number of anilines is 1. The van der Waals surface area contributed by atoms with Crippen molar-refractivity contribution in [2.24, 2.45) is 11.8 Å². The average Bonchev–Trinajstić information content (AvgIpc) is 3.55. The Balaban J connectivity index is 1.45. The van der Waals surface area contributed by atoms with Crippen molar-refractivity contribution < 1.29 is 28.6 Å². The molecule has 2 heterocycles. The van der Waals surface area contributed by atoms with Crippen LogP contribution in [0.3, 0.4) is 0 Å². The van der Waals surface area contributed by atoms with E-state index < -0.39 is 12.1 Å². The van der Waals surface area contributed by atoms with E-state index in [0.717, 1.165) is 36.0 Å². The highest BCUT2D eigenvalue weighted by Crippen LogP contribution is 2.40. The summed E-state index contributed by atoms with van der Waals surface area (Å²) in [5.74, 6) is 0.101. The summed E-state index contributed by atoms with van der Waals surface area (Å²) in [5, 5.41) is 5.97. The summed E-state index contributed by atoms with van der Waals surface area (Å²) in [7, 11) is 0. The number of amides is 1. The van der Waals surface area contributed by atoms with Gasteiger partial charge >= 0.3 is 5.97 Å². The lowest BCUT2D eigenvalue weighted by atomic mass is 9.80. The SMILES string of the molecule is [C-]#[N+]c1c(C(=O)OC2C(C)CCCC2C)c2nc(-c3ccc(C)c(NC(=O)C(C)Oc4ccc(C)cc4C)c3)[nH]n2c1OC=O. The molecule has 1 amide bonds. The van der Waals surface area contributed by atoms with E-state index in [1.54, 1.807) is 19.1 Å². The van der Waals surface area contributed by atoms with Gasteiger partial charge in [-0.05, 0) is 75.6 Å². The van der Waals surface area contributed by atoms with E-state index in [9.17, 15) is 14.4 Å². The lowest BCUT2D eigenvalue weighted by Crippen LogP contribution is -2.34. The minimum Gasteiger partial charge on any atom is -0.481 e. The normalized spacial score (nSPS) is 18.6. The summed E-state index contributed by atoms with van der Waals surface area (Å²) in [6.45, 7) is 19.5. The zero-order chi connectivity index (χ0) is 32.4. The summed E-state index contributed by atoms with van der Waals surface area (Å²) >= 11 is 0. The first-order chi connectivity index (χ1) is 21.5. The van der Waals surface area contributed by atoms with Crippen LogP contribution in [-0.2, 0) is 14.3 Å². The summed E-state index contributed by atoms with van der Waals surface area (Å²) < 4.78 is 18.3. The maximum atomic E-state index is 13.6. The number of H-pyrrole nitrogens is 1. The molecule has 45 heavy (non-hydrogen) atoms. The molecular weight excluding hydrogens is 574 g/mol. The lowest BCUT2D eigenvalue weighted by molar-refractivity contribution is -0.122. The van der Waals surface area contributed by atoms with Crippen molar-refractivity contribution in [1.82, 2.24) is 14.6 Å². The molecule has 5 rings (SSSR count). The highest BCUT2D eigenvalue weighted by molar-refractivity contribution is 6.05. The zero-order valence-corrected chi connectivity index (χ0v) is 26.3. The number of aromatic amines is 1. The van der Waals surface area contributed by atoms with Gasteiger partial charge in [0.25, 0.3) is 18.1 Å². The van der Waals surface area contributed by atoms with Crippen molar-refractivity contribution >= 4 is 35.4 Å². The van der Waals surface area contributed by atoms with Crippen LogP contribution in [0.4, 0.5) is 11.4 Å². The van der Waals surface area contributed by atoms with Crippen LogP contribution in [0.15, 0.2) is 36.4 Å². The van der Waals surface area contributed by atoms with E-state index in [4.69, 9.17) is 20.8 Å². The predicted octanol–water partition coefficient (Wildman–Crippen LogP) is 6.73. The molecule has 3 atom stereocenters. The molecule has 11 heteroatoms. The molecule has 0 saturated heterocycles. The van der Waals surface area contributed by atoms with Gasteiger partial charge in [-0.3, -0.25) is 14.7 Å². The van der Waals surface area contributed by atoms with Crippen molar-refractivity contribution in [2.45, 2.75) is 73.0 Å². The molecule has 2 N–H and O–H groups in total. The van der Waals surface area contributed by atoms with Gasteiger partial charge in [0.05, 0.1) is 6.57 Å². The number of carbonyl (C=O) groups excluding carboxylic acids is 3. The minimum absolute atomic E-state index is 0.0765. The van der Waals surface area contributed by atoms with Crippen molar-refractivity contribution in [3.8, 4) is 23.0 Å². The third-order valence-corrected chi connectivity index (χ3v) is 8.44. The van der Waals surface area contributed by atoms with Crippen LogP contribution >= 0.6 is 0 Å². The topological polar surface area (TPSA) is 128 Å². The Morgan fingerprint density at radius 1 is 1.11 bits per heavy atom. The highest BCUT2D eigenvalue weighted by Gasteiger charge is 2.35. The molecule has 1 aliphatic rings. The molecule has 0 bridgehead atoms. The number of nitrogens with one attached hydrogen (secondary N) is 2. The largest absolute Gasteiger partial charge is 0.481 e. The number of fused-ring (bicyclic) bond motifs is 1. The molecule has 1 aliphatic carbocycles. The fraction of sp³-hybridized carbons (Fsp3) is 0.382. The van der Waals surface area contributed by atoms with E-state index in [1.807, 2.05) is 45.0 Å². The number of aryl methyl sites for hydroxylation is 3. The fourth-order valence-electron chi connectivity index (χ4n) is 5.93. The number of rotatable bonds is 9. The van der Waals surface area contributed by atoms with E-state index in [-0.39, 0.29) is 53.1 Å². The van der Waals surface area contributed by atoms with E-state index in [1.165, 1.54) is 4.52 Å². The van der Waals surface area contributed by atoms with Crippen LogP contribution in [-0.4, -0.2) is 45.2 Å². The smallest absolute Gasteiger partial charge is 0.331 e. The van der Waals surface area contributed by atoms with Gasteiger partial charge in [-0.1, -0.05) is 50.1 Å². The number of nitrogens with zero attached hydrogens (tertiary/aromatic N) is 3. The number of ether oxygens (including phenoxy) is 3. The summed E-state index contributed by atoms with van der Waals surface area (Å²) in [5.41, 5.74) is 3.83. The Morgan fingerprint density at radius 2 is 1.84 bits per heavy atom. The molecule has 1 fully saturated rings. The van der Waals surface area contributed by atoms with E-state index >= 15 is 0 Å².